The number of amides is 1. The van der Waals surface area contributed by atoms with E-state index in [1.165, 1.54) is 0 Å². The van der Waals surface area contributed by atoms with Crippen LogP contribution in [-0.4, -0.2) is 18.7 Å². The van der Waals surface area contributed by atoms with Gasteiger partial charge < -0.3 is 0 Å². The average Bonchev–Trinajstić information content (AvgIpc) is 2.06. The standard InChI is InChI=1S/C7H5N3O/c11-7-6-1-2-8-3-5(6)4-9-10-7/h1-2,4H,3H2. The first-order chi connectivity index (χ1) is 5.38. The van der Waals surface area contributed by atoms with Gasteiger partial charge in [0, 0.05) is 11.8 Å². The van der Waals surface area contributed by atoms with Crippen molar-refractivity contribution in [2.45, 2.75) is 0 Å². The summed E-state index contributed by atoms with van der Waals surface area (Å²) >= 11 is 0. The molecule has 0 aromatic heterocycles. The van der Waals surface area contributed by atoms with Crippen molar-refractivity contribution in [1.29, 1.82) is 0 Å². The third kappa shape index (κ3) is 0.920. The molecule has 4 nitrogen and oxygen atoms in total. The molecule has 0 bridgehead atoms. The number of nitrogens with zero attached hydrogens (tertiary/aromatic N) is 3. The third-order valence-corrected chi connectivity index (χ3v) is 1.55. The number of allylic oxidation sites excluding steroid dienone is 1. The van der Waals surface area contributed by atoms with E-state index < -0.39 is 0 Å². The zero-order valence-corrected chi connectivity index (χ0v) is 5.69. The molecular formula is C7H5N3O. The fraction of sp³-hybridized carbons (Fsp3) is 0.143. The van der Waals surface area contributed by atoms with Gasteiger partial charge in [-0.3, -0.25) is 9.79 Å². The summed E-state index contributed by atoms with van der Waals surface area (Å²) in [6.07, 6.45) is 4.85. The maximum atomic E-state index is 11.0. The van der Waals surface area contributed by atoms with Gasteiger partial charge in [0.05, 0.1) is 18.3 Å². The molecule has 0 atom stereocenters. The van der Waals surface area contributed by atoms with Gasteiger partial charge in [-0.05, 0) is 6.08 Å². The average molecular weight is 147 g/mol. The number of azo groups is 1. The Hall–Kier alpha value is -1.58. The van der Waals surface area contributed by atoms with Crippen molar-refractivity contribution in [2.24, 2.45) is 15.2 Å². The Balaban J connectivity index is 2.48. The van der Waals surface area contributed by atoms with E-state index in [-0.39, 0.29) is 5.91 Å². The molecule has 11 heavy (non-hydrogen) atoms. The summed E-state index contributed by atoms with van der Waals surface area (Å²) in [6.45, 7) is 0.538. The van der Waals surface area contributed by atoms with Crippen LogP contribution in [0.2, 0.25) is 0 Å². The molecule has 0 N–H and O–H groups in total. The van der Waals surface area contributed by atoms with Gasteiger partial charge in [0.15, 0.2) is 0 Å². The maximum Gasteiger partial charge on any atom is 0.295 e. The number of hydrogen-bond acceptors (Lipinski definition) is 3. The summed E-state index contributed by atoms with van der Waals surface area (Å²) in [6, 6.07) is 0. The number of hydrogen-bond donors (Lipinski definition) is 0. The topological polar surface area (TPSA) is 54.1 Å². The Morgan fingerprint density at radius 2 is 2.36 bits per heavy atom. The van der Waals surface area contributed by atoms with E-state index in [9.17, 15) is 4.79 Å². The maximum absolute atomic E-state index is 11.0. The molecule has 0 unspecified atom stereocenters. The van der Waals surface area contributed by atoms with E-state index in [4.69, 9.17) is 0 Å². The Bertz CT molecular complexity index is 323. The van der Waals surface area contributed by atoms with Crippen LogP contribution in [0.3, 0.4) is 0 Å². The van der Waals surface area contributed by atoms with E-state index in [0.717, 1.165) is 5.57 Å². The zero-order chi connectivity index (χ0) is 7.68. The molecule has 0 radical (unpaired) electrons. The lowest BCUT2D eigenvalue weighted by atomic mass is 10.0. The van der Waals surface area contributed by atoms with Crippen LogP contribution in [0, 0.1) is 0 Å². The van der Waals surface area contributed by atoms with Crippen LogP contribution >= 0.6 is 0 Å². The molecular weight excluding hydrogens is 142 g/mol. The predicted molar refractivity (Wildman–Crippen MR) is 39.4 cm³/mol. The Labute approximate surface area is 63.0 Å². The summed E-state index contributed by atoms with van der Waals surface area (Å²) in [5.74, 6) is -0.270. The molecule has 0 fully saturated rings. The third-order valence-electron chi connectivity index (χ3n) is 1.55. The van der Waals surface area contributed by atoms with E-state index in [1.807, 2.05) is 0 Å². The number of carbonyl (C=O) groups excluding carboxylic acids is 1. The second-order valence-corrected chi connectivity index (χ2v) is 2.25. The van der Waals surface area contributed by atoms with E-state index in [2.05, 4.69) is 15.2 Å². The molecule has 0 spiro atoms. The largest absolute Gasteiger partial charge is 0.295 e. The summed E-state index contributed by atoms with van der Waals surface area (Å²) in [4.78, 5) is 15.0. The Morgan fingerprint density at radius 1 is 1.45 bits per heavy atom. The van der Waals surface area contributed by atoms with Crippen LogP contribution < -0.4 is 0 Å². The molecule has 1 amide bonds. The van der Waals surface area contributed by atoms with Crippen molar-refractivity contribution in [3.05, 3.63) is 23.4 Å². The van der Waals surface area contributed by atoms with Gasteiger partial charge in [-0.1, -0.05) is 0 Å². The van der Waals surface area contributed by atoms with Crippen molar-refractivity contribution in [3.8, 4) is 0 Å². The quantitative estimate of drug-likeness (QED) is 0.501. The Kier molecular flexibility index (Phi) is 1.25. The van der Waals surface area contributed by atoms with Gasteiger partial charge in [-0.15, -0.1) is 5.11 Å². The SMILES string of the molecule is O=C1N=NC=C2CN=CC=C12. The first-order valence-electron chi connectivity index (χ1n) is 3.22. The smallest absolute Gasteiger partial charge is 0.288 e. The number of dihydropyridines is 1. The van der Waals surface area contributed by atoms with Crippen LogP contribution in [0.4, 0.5) is 0 Å². The van der Waals surface area contributed by atoms with Gasteiger partial charge in [-0.2, -0.15) is 5.11 Å². The lowest BCUT2D eigenvalue weighted by Gasteiger charge is -2.09. The van der Waals surface area contributed by atoms with Crippen LogP contribution in [-0.2, 0) is 4.79 Å². The first-order valence-corrected chi connectivity index (χ1v) is 3.22. The highest BCUT2D eigenvalue weighted by Gasteiger charge is 2.17. The highest BCUT2D eigenvalue weighted by molar-refractivity contribution is 6.03. The summed E-state index contributed by atoms with van der Waals surface area (Å²) in [5, 5.41) is 6.94. The minimum absolute atomic E-state index is 0.270. The van der Waals surface area contributed by atoms with Gasteiger partial charge in [-0.25, -0.2) is 0 Å². The molecule has 0 aromatic rings. The number of carbonyl (C=O) groups is 1. The zero-order valence-electron chi connectivity index (χ0n) is 5.69. The number of fused-ring (bicyclic) bond motifs is 1. The van der Waals surface area contributed by atoms with Gasteiger partial charge in [0.2, 0.25) is 0 Å². The summed E-state index contributed by atoms with van der Waals surface area (Å²) in [5.41, 5.74) is 1.47. The number of rotatable bonds is 0. The van der Waals surface area contributed by atoms with E-state index >= 15 is 0 Å². The van der Waals surface area contributed by atoms with Crippen molar-refractivity contribution in [3.63, 3.8) is 0 Å². The van der Waals surface area contributed by atoms with Crippen molar-refractivity contribution in [1.82, 2.24) is 0 Å². The highest BCUT2D eigenvalue weighted by atomic mass is 16.1. The van der Waals surface area contributed by atoms with E-state index in [0.29, 0.717) is 12.1 Å². The fourth-order valence-electron chi connectivity index (χ4n) is 0.994. The van der Waals surface area contributed by atoms with Gasteiger partial charge >= 0.3 is 0 Å². The van der Waals surface area contributed by atoms with Crippen LogP contribution in [0.25, 0.3) is 0 Å². The lowest BCUT2D eigenvalue weighted by Crippen LogP contribution is -2.10. The van der Waals surface area contributed by atoms with Crippen molar-refractivity contribution < 1.29 is 4.79 Å². The molecule has 0 saturated heterocycles. The normalized spacial score (nSPS) is 20.9. The molecule has 2 rings (SSSR count). The minimum atomic E-state index is -0.270. The summed E-state index contributed by atoms with van der Waals surface area (Å²) in [7, 11) is 0. The minimum Gasteiger partial charge on any atom is -0.288 e. The van der Waals surface area contributed by atoms with Crippen molar-refractivity contribution >= 4 is 12.1 Å². The molecule has 54 valence electrons. The summed E-state index contributed by atoms with van der Waals surface area (Å²) < 4.78 is 0. The highest BCUT2D eigenvalue weighted by Crippen LogP contribution is 2.18. The second kappa shape index (κ2) is 2.23. The van der Waals surface area contributed by atoms with Crippen molar-refractivity contribution in [2.75, 3.05) is 6.54 Å². The van der Waals surface area contributed by atoms with Crippen LogP contribution in [0.15, 0.2) is 38.6 Å². The van der Waals surface area contributed by atoms with E-state index in [1.54, 1.807) is 18.5 Å². The molecule has 0 aromatic carbocycles. The molecule has 2 aliphatic rings. The van der Waals surface area contributed by atoms with Gasteiger partial charge in [0.1, 0.15) is 0 Å². The molecule has 0 saturated carbocycles. The monoisotopic (exact) mass is 147 g/mol. The lowest BCUT2D eigenvalue weighted by molar-refractivity contribution is -0.114. The fourth-order valence-corrected chi connectivity index (χ4v) is 0.994. The van der Waals surface area contributed by atoms with Gasteiger partial charge in [0.25, 0.3) is 5.91 Å². The predicted octanol–water partition coefficient (Wildman–Crippen LogP) is 0.873. The molecule has 0 aliphatic carbocycles. The second-order valence-electron chi connectivity index (χ2n) is 2.25. The van der Waals surface area contributed by atoms with Crippen LogP contribution in [0.1, 0.15) is 0 Å². The number of aliphatic imine (C=N–C) groups is 1. The molecule has 4 heteroatoms. The Morgan fingerprint density at radius 3 is 3.18 bits per heavy atom. The first kappa shape index (κ1) is 6.15. The van der Waals surface area contributed by atoms with Crippen LogP contribution in [0.5, 0.6) is 0 Å². The molecule has 2 aliphatic heterocycles. The molecule has 2 heterocycles.